The molecular formula is C15H22IN5. The molecule has 0 radical (unpaired) electrons. The molecule has 0 spiro atoms. The van der Waals surface area contributed by atoms with E-state index in [1.165, 1.54) is 11.1 Å². The van der Waals surface area contributed by atoms with E-state index in [1.54, 1.807) is 6.20 Å². The van der Waals surface area contributed by atoms with Gasteiger partial charge in [0.25, 0.3) is 0 Å². The number of aromatic nitrogens is 2. The molecule has 2 aromatic rings. The molecule has 0 unspecified atom stereocenters. The van der Waals surface area contributed by atoms with E-state index in [9.17, 15) is 0 Å². The van der Waals surface area contributed by atoms with Crippen molar-refractivity contribution in [3.05, 3.63) is 47.8 Å². The van der Waals surface area contributed by atoms with Crippen molar-refractivity contribution in [1.29, 1.82) is 0 Å². The normalized spacial score (nSPS) is 11.0. The van der Waals surface area contributed by atoms with Gasteiger partial charge in [0.1, 0.15) is 0 Å². The third kappa shape index (κ3) is 5.74. The molecule has 0 amide bonds. The van der Waals surface area contributed by atoms with Gasteiger partial charge in [-0.05, 0) is 49.6 Å². The molecule has 2 rings (SSSR count). The third-order valence-corrected chi connectivity index (χ3v) is 3.17. The molecule has 5 nitrogen and oxygen atoms in total. The molecule has 1 aromatic heterocycles. The fourth-order valence-corrected chi connectivity index (χ4v) is 1.87. The molecule has 0 aliphatic rings. The Hall–Kier alpha value is -1.57. The van der Waals surface area contributed by atoms with E-state index in [0.29, 0.717) is 12.5 Å². The highest BCUT2D eigenvalue weighted by atomic mass is 127. The standard InChI is InChI=1S/C15H21N5.HI/c1-12-5-6-14(11-13(12)2)19-15(16)17-7-3-9-20-10-4-8-18-20;/h4-6,8,10-11H,3,7,9H2,1-2H3,(H3,16,17,19);1H. The highest BCUT2D eigenvalue weighted by Gasteiger charge is 1.98. The minimum Gasteiger partial charge on any atom is -0.370 e. The van der Waals surface area contributed by atoms with Gasteiger partial charge in [0.2, 0.25) is 0 Å². The first-order valence-corrected chi connectivity index (χ1v) is 6.77. The lowest BCUT2D eigenvalue weighted by molar-refractivity contribution is 0.585. The molecule has 0 aliphatic carbocycles. The SMILES string of the molecule is Cc1ccc(NC(N)=NCCCn2cccn2)cc1C.I. The van der Waals surface area contributed by atoms with Crippen molar-refractivity contribution in [2.24, 2.45) is 10.7 Å². The highest BCUT2D eigenvalue weighted by molar-refractivity contribution is 14.0. The molecule has 0 saturated heterocycles. The summed E-state index contributed by atoms with van der Waals surface area (Å²) in [6.45, 7) is 5.71. The molecule has 0 saturated carbocycles. The van der Waals surface area contributed by atoms with E-state index in [2.05, 4.69) is 41.4 Å². The maximum Gasteiger partial charge on any atom is 0.193 e. The third-order valence-electron chi connectivity index (χ3n) is 3.17. The molecule has 3 N–H and O–H groups in total. The van der Waals surface area contributed by atoms with Crippen LogP contribution in [0.1, 0.15) is 17.5 Å². The fourth-order valence-electron chi connectivity index (χ4n) is 1.87. The number of aryl methyl sites for hydroxylation is 3. The number of rotatable bonds is 5. The average Bonchev–Trinajstić information content (AvgIpc) is 2.92. The van der Waals surface area contributed by atoms with Crippen LogP contribution in [0.2, 0.25) is 0 Å². The van der Waals surface area contributed by atoms with Crippen molar-refractivity contribution >= 4 is 35.6 Å². The average molecular weight is 399 g/mol. The molecule has 6 heteroatoms. The van der Waals surface area contributed by atoms with Gasteiger partial charge in [-0.3, -0.25) is 9.67 Å². The number of benzene rings is 1. The van der Waals surface area contributed by atoms with Crippen molar-refractivity contribution in [2.45, 2.75) is 26.8 Å². The Labute approximate surface area is 142 Å². The van der Waals surface area contributed by atoms with Crippen molar-refractivity contribution < 1.29 is 0 Å². The van der Waals surface area contributed by atoms with Crippen LogP contribution in [-0.4, -0.2) is 22.3 Å². The molecule has 0 aliphatic heterocycles. The number of halogens is 1. The Morgan fingerprint density at radius 1 is 1.33 bits per heavy atom. The van der Waals surface area contributed by atoms with Crippen molar-refractivity contribution in [3.63, 3.8) is 0 Å². The van der Waals surface area contributed by atoms with Crippen LogP contribution in [-0.2, 0) is 6.54 Å². The first kappa shape index (κ1) is 17.5. The van der Waals surface area contributed by atoms with E-state index in [-0.39, 0.29) is 24.0 Å². The Morgan fingerprint density at radius 3 is 2.81 bits per heavy atom. The Balaban J connectivity index is 0.00000220. The van der Waals surface area contributed by atoms with E-state index >= 15 is 0 Å². The molecule has 0 fully saturated rings. The summed E-state index contributed by atoms with van der Waals surface area (Å²) in [7, 11) is 0. The zero-order valence-electron chi connectivity index (χ0n) is 12.4. The van der Waals surface area contributed by atoms with Crippen molar-refractivity contribution in [2.75, 3.05) is 11.9 Å². The summed E-state index contributed by atoms with van der Waals surface area (Å²) in [6, 6.07) is 8.07. The maximum absolute atomic E-state index is 5.87. The van der Waals surface area contributed by atoms with E-state index in [4.69, 9.17) is 5.73 Å². The number of hydrogen-bond acceptors (Lipinski definition) is 2. The number of aliphatic imine (C=N–C) groups is 1. The summed E-state index contributed by atoms with van der Waals surface area (Å²) in [4.78, 5) is 4.31. The molecule has 0 bridgehead atoms. The van der Waals surface area contributed by atoms with Gasteiger partial charge >= 0.3 is 0 Å². The predicted molar refractivity (Wildman–Crippen MR) is 98.3 cm³/mol. The van der Waals surface area contributed by atoms with E-state index in [1.807, 2.05) is 23.0 Å². The van der Waals surface area contributed by atoms with Crippen LogP contribution in [0.3, 0.4) is 0 Å². The van der Waals surface area contributed by atoms with Crippen LogP contribution in [0.5, 0.6) is 0 Å². The van der Waals surface area contributed by atoms with Crippen molar-refractivity contribution in [3.8, 4) is 0 Å². The number of guanidine groups is 1. The summed E-state index contributed by atoms with van der Waals surface area (Å²) in [6.07, 6.45) is 4.64. The molecule has 0 atom stereocenters. The molecule has 114 valence electrons. The number of hydrogen-bond donors (Lipinski definition) is 2. The van der Waals surface area contributed by atoms with Gasteiger partial charge in [0.15, 0.2) is 5.96 Å². The summed E-state index contributed by atoms with van der Waals surface area (Å²) < 4.78 is 1.89. The van der Waals surface area contributed by atoms with E-state index < -0.39 is 0 Å². The Bertz CT molecular complexity index is 578. The van der Waals surface area contributed by atoms with Crippen LogP contribution in [0.15, 0.2) is 41.7 Å². The summed E-state index contributed by atoms with van der Waals surface area (Å²) in [5.41, 5.74) is 9.35. The first-order chi connectivity index (χ1) is 9.65. The predicted octanol–water partition coefficient (Wildman–Crippen LogP) is 2.93. The summed E-state index contributed by atoms with van der Waals surface area (Å²) in [5.74, 6) is 0.453. The van der Waals surface area contributed by atoms with Gasteiger partial charge in [-0.25, -0.2) is 0 Å². The van der Waals surface area contributed by atoms with Gasteiger partial charge in [-0.2, -0.15) is 5.10 Å². The Kier molecular flexibility index (Phi) is 7.21. The van der Waals surface area contributed by atoms with Crippen LogP contribution in [0.4, 0.5) is 5.69 Å². The zero-order valence-corrected chi connectivity index (χ0v) is 14.7. The quantitative estimate of drug-likeness (QED) is 0.352. The number of nitrogens with two attached hydrogens (primary N) is 1. The molecular weight excluding hydrogens is 377 g/mol. The number of nitrogens with one attached hydrogen (secondary N) is 1. The second kappa shape index (κ2) is 8.66. The topological polar surface area (TPSA) is 68.2 Å². The minimum absolute atomic E-state index is 0. The lowest BCUT2D eigenvalue weighted by atomic mass is 10.1. The minimum atomic E-state index is 0. The lowest BCUT2D eigenvalue weighted by Gasteiger charge is -2.08. The van der Waals surface area contributed by atoms with Crippen LogP contribution in [0.25, 0.3) is 0 Å². The first-order valence-electron chi connectivity index (χ1n) is 6.77. The summed E-state index contributed by atoms with van der Waals surface area (Å²) in [5, 5.41) is 7.25. The van der Waals surface area contributed by atoms with Crippen LogP contribution < -0.4 is 11.1 Å². The molecule has 1 heterocycles. The second-order valence-corrected chi connectivity index (χ2v) is 4.81. The number of nitrogens with zero attached hydrogens (tertiary/aromatic N) is 3. The zero-order chi connectivity index (χ0) is 14.4. The number of anilines is 1. The fraction of sp³-hybridized carbons (Fsp3) is 0.333. The van der Waals surface area contributed by atoms with Crippen LogP contribution >= 0.6 is 24.0 Å². The lowest BCUT2D eigenvalue weighted by Crippen LogP contribution is -2.23. The second-order valence-electron chi connectivity index (χ2n) is 4.81. The van der Waals surface area contributed by atoms with Gasteiger partial charge in [-0.15, -0.1) is 24.0 Å². The van der Waals surface area contributed by atoms with Gasteiger partial charge in [-0.1, -0.05) is 6.07 Å². The van der Waals surface area contributed by atoms with Gasteiger partial charge in [0.05, 0.1) is 0 Å². The molecule has 1 aromatic carbocycles. The smallest absolute Gasteiger partial charge is 0.193 e. The monoisotopic (exact) mass is 399 g/mol. The van der Waals surface area contributed by atoms with Gasteiger partial charge in [0, 0.05) is 31.2 Å². The van der Waals surface area contributed by atoms with Crippen molar-refractivity contribution in [1.82, 2.24) is 9.78 Å². The Morgan fingerprint density at radius 2 is 2.14 bits per heavy atom. The summed E-state index contributed by atoms with van der Waals surface area (Å²) >= 11 is 0. The maximum atomic E-state index is 5.87. The molecule has 21 heavy (non-hydrogen) atoms. The van der Waals surface area contributed by atoms with Crippen LogP contribution in [0, 0.1) is 13.8 Å². The largest absolute Gasteiger partial charge is 0.370 e. The van der Waals surface area contributed by atoms with Gasteiger partial charge < -0.3 is 11.1 Å². The highest BCUT2D eigenvalue weighted by Crippen LogP contribution is 2.13. The van der Waals surface area contributed by atoms with E-state index in [0.717, 1.165) is 18.7 Å².